The average molecular weight is 755 g/mol. The fourth-order valence-corrected chi connectivity index (χ4v) is 7.08. The summed E-state index contributed by atoms with van der Waals surface area (Å²) in [7, 11) is 3.24. The molecule has 2 aliphatic rings. The number of nitrogens with zero attached hydrogens (tertiary/aromatic N) is 2. The van der Waals surface area contributed by atoms with E-state index in [9.17, 15) is 33.6 Å². The zero-order valence-electron chi connectivity index (χ0n) is 33.4. The Bertz CT molecular complexity index is 1470. The molecule has 2 fully saturated rings. The first-order chi connectivity index (χ1) is 25.4. The predicted molar refractivity (Wildman–Crippen MR) is 204 cm³/mol. The van der Waals surface area contributed by atoms with Crippen molar-refractivity contribution in [2.24, 2.45) is 17.8 Å². The lowest BCUT2D eigenvalue weighted by Crippen LogP contribution is -2.58. The Labute approximate surface area is 320 Å². The van der Waals surface area contributed by atoms with Gasteiger partial charge in [0, 0.05) is 20.6 Å². The maximum absolute atomic E-state index is 14.4. The standard InChI is InChI=1S/C40H62N6O8/c1-9-16-29(35(49)37(51)41-23-32(47)42-30(22-33(48)45(7)8)26-17-12-10-13-18-26)43-36(50)31-21-28(25(2)3)24-46(31)38(52)34(27-19-14-11-15-20-27)44-39(53)54-40(4,5)6/h10,12-13,17-18,25,27-31,34H,9,11,14-16,19-24H2,1-8H3,(H,41,51)(H,42,47)(H,43,50)(H,44,53)/t28-,29+,30-,31+,34+/m1/s1. The smallest absolute Gasteiger partial charge is 0.408 e. The molecule has 0 unspecified atom stereocenters. The molecule has 1 aromatic carbocycles. The number of Topliss-reactive ketones (excluding diaryl/α,β-unsaturated/α-hetero) is 1. The minimum Gasteiger partial charge on any atom is -0.444 e. The monoisotopic (exact) mass is 754 g/mol. The van der Waals surface area contributed by atoms with Gasteiger partial charge in [-0.2, -0.15) is 0 Å². The maximum Gasteiger partial charge on any atom is 0.408 e. The Kier molecular flexibility index (Phi) is 16.5. The lowest BCUT2D eigenvalue weighted by atomic mass is 9.83. The Hall–Kier alpha value is -4.49. The first-order valence-corrected chi connectivity index (χ1v) is 19.4. The lowest BCUT2D eigenvalue weighted by Gasteiger charge is -2.35. The van der Waals surface area contributed by atoms with Crippen LogP contribution >= 0.6 is 0 Å². The van der Waals surface area contributed by atoms with Crippen molar-refractivity contribution in [3.05, 3.63) is 35.9 Å². The number of carbonyl (C=O) groups is 7. The molecule has 300 valence electrons. The van der Waals surface area contributed by atoms with Crippen LogP contribution in [0.4, 0.5) is 4.79 Å². The Morgan fingerprint density at radius 2 is 1.56 bits per heavy atom. The van der Waals surface area contributed by atoms with E-state index in [1.165, 1.54) is 9.80 Å². The molecule has 1 aromatic rings. The Balaban J connectivity index is 1.73. The Morgan fingerprint density at radius 1 is 0.907 bits per heavy atom. The summed E-state index contributed by atoms with van der Waals surface area (Å²) in [6.07, 6.45) is 4.70. The number of likely N-dealkylation sites (tertiary alicyclic amines) is 1. The summed E-state index contributed by atoms with van der Waals surface area (Å²) in [5, 5.41) is 10.7. The second-order valence-corrected chi connectivity index (χ2v) is 16.2. The predicted octanol–water partition coefficient (Wildman–Crippen LogP) is 3.64. The quantitative estimate of drug-likeness (QED) is 0.185. The number of alkyl carbamates (subject to hydrolysis) is 1. The van der Waals surface area contributed by atoms with Crippen LogP contribution in [-0.2, 0) is 33.5 Å². The summed E-state index contributed by atoms with van der Waals surface area (Å²) in [6.45, 7) is 10.9. The summed E-state index contributed by atoms with van der Waals surface area (Å²) in [4.78, 5) is 96.2. The van der Waals surface area contributed by atoms with Gasteiger partial charge >= 0.3 is 6.09 Å². The van der Waals surface area contributed by atoms with Gasteiger partial charge in [-0.3, -0.25) is 28.8 Å². The number of ether oxygens (including phenoxy) is 1. The maximum atomic E-state index is 14.4. The molecule has 0 aromatic heterocycles. The number of hydrogen-bond donors (Lipinski definition) is 4. The van der Waals surface area contributed by atoms with Crippen molar-refractivity contribution in [3.63, 3.8) is 0 Å². The van der Waals surface area contributed by atoms with E-state index in [4.69, 9.17) is 4.74 Å². The molecule has 1 heterocycles. The molecule has 1 saturated heterocycles. The van der Waals surface area contributed by atoms with Crippen LogP contribution in [0, 0.1) is 17.8 Å². The molecule has 1 aliphatic heterocycles. The highest BCUT2D eigenvalue weighted by Gasteiger charge is 2.45. The highest BCUT2D eigenvalue weighted by Crippen LogP contribution is 2.33. The summed E-state index contributed by atoms with van der Waals surface area (Å²) in [6, 6.07) is 5.31. The number of amides is 6. The molecule has 1 saturated carbocycles. The summed E-state index contributed by atoms with van der Waals surface area (Å²) in [5.41, 5.74) is -0.0595. The van der Waals surface area contributed by atoms with E-state index < -0.39 is 65.9 Å². The third-order valence-electron chi connectivity index (χ3n) is 10.2. The van der Waals surface area contributed by atoms with Crippen molar-refractivity contribution in [2.45, 2.75) is 129 Å². The van der Waals surface area contributed by atoms with E-state index in [0.717, 1.165) is 32.1 Å². The highest BCUT2D eigenvalue weighted by atomic mass is 16.6. The van der Waals surface area contributed by atoms with Gasteiger partial charge in [-0.15, -0.1) is 0 Å². The first kappa shape index (κ1) is 43.9. The fraction of sp³-hybridized carbons (Fsp3) is 0.675. The number of carbonyl (C=O) groups excluding carboxylic acids is 7. The SMILES string of the molecule is CCC[C@H](NC(=O)[C@@H]1C[C@@H](C(C)C)CN1C(=O)[C@@H](NC(=O)OC(C)(C)C)C1CCCCC1)C(=O)C(=O)NCC(=O)N[C@H](CC(=O)N(C)C)c1ccccc1. The number of rotatable bonds is 16. The summed E-state index contributed by atoms with van der Waals surface area (Å²) >= 11 is 0. The van der Waals surface area contributed by atoms with Crippen LogP contribution < -0.4 is 21.3 Å². The zero-order valence-corrected chi connectivity index (χ0v) is 33.4. The second-order valence-electron chi connectivity index (χ2n) is 16.2. The number of hydrogen-bond acceptors (Lipinski definition) is 8. The van der Waals surface area contributed by atoms with Gasteiger partial charge in [0.1, 0.15) is 17.7 Å². The topological polar surface area (TPSA) is 183 Å². The van der Waals surface area contributed by atoms with E-state index in [0.29, 0.717) is 24.9 Å². The molecule has 3 rings (SSSR count). The molecule has 4 N–H and O–H groups in total. The van der Waals surface area contributed by atoms with Crippen LogP contribution in [0.15, 0.2) is 30.3 Å². The van der Waals surface area contributed by atoms with Crippen LogP contribution in [0.1, 0.15) is 111 Å². The van der Waals surface area contributed by atoms with Crippen molar-refractivity contribution in [2.75, 3.05) is 27.2 Å². The van der Waals surface area contributed by atoms with Gasteiger partial charge in [-0.25, -0.2) is 4.79 Å². The van der Waals surface area contributed by atoms with Crippen LogP contribution in [0.3, 0.4) is 0 Å². The van der Waals surface area contributed by atoms with Crippen molar-refractivity contribution >= 4 is 41.4 Å². The summed E-state index contributed by atoms with van der Waals surface area (Å²) in [5.74, 6) is -3.64. The van der Waals surface area contributed by atoms with E-state index in [1.54, 1.807) is 59.1 Å². The number of benzene rings is 1. The lowest BCUT2D eigenvalue weighted by molar-refractivity contribution is -0.143. The third-order valence-corrected chi connectivity index (χ3v) is 10.2. The Morgan fingerprint density at radius 3 is 2.13 bits per heavy atom. The fourth-order valence-electron chi connectivity index (χ4n) is 7.08. The van der Waals surface area contributed by atoms with E-state index >= 15 is 0 Å². The van der Waals surface area contributed by atoms with Gasteiger partial charge in [0.05, 0.1) is 25.0 Å². The van der Waals surface area contributed by atoms with Gasteiger partial charge in [-0.05, 0) is 69.8 Å². The van der Waals surface area contributed by atoms with Crippen LogP contribution in [0.25, 0.3) is 0 Å². The number of nitrogens with one attached hydrogen (secondary N) is 4. The molecule has 0 spiro atoms. The normalized spacial score (nSPS) is 19.2. The molecule has 1 aliphatic carbocycles. The molecule has 14 heteroatoms. The second kappa shape index (κ2) is 20.3. The average Bonchev–Trinajstić information content (AvgIpc) is 3.58. The van der Waals surface area contributed by atoms with Gasteiger partial charge in [0.25, 0.3) is 5.91 Å². The van der Waals surface area contributed by atoms with Gasteiger partial charge in [-0.1, -0.05) is 76.8 Å². The largest absolute Gasteiger partial charge is 0.444 e. The van der Waals surface area contributed by atoms with Crippen LogP contribution in [-0.4, -0.2) is 102 Å². The van der Waals surface area contributed by atoms with E-state index in [-0.39, 0.29) is 42.4 Å². The van der Waals surface area contributed by atoms with E-state index in [2.05, 4.69) is 21.3 Å². The van der Waals surface area contributed by atoms with Crippen molar-refractivity contribution < 1.29 is 38.3 Å². The molecule has 14 nitrogen and oxygen atoms in total. The van der Waals surface area contributed by atoms with Gasteiger partial charge in [0.15, 0.2) is 0 Å². The molecule has 0 bridgehead atoms. The third kappa shape index (κ3) is 13.1. The minimum absolute atomic E-state index is 0.00292. The van der Waals surface area contributed by atoms with Crippen LogP contribution in [0.5, 0.6) is 0 Å². The van der Waals surface area contributed by atoms with Gasteiger partial charge < -0.3 is 35.8 Å². The van der Waals surface area contributed by atoms with Gasteiger partial charge in [0.2, 0.25) is 29.4 Å². The van der Waals surface area contributed by atoms with Crippen LogP contribution in [0.2, 0.25) is 0 Å². The van der Waals surface area contributed by atoms with Crippen molar-refractivity contribution in [1.29, 1.82) is 0 Å². The molecule has 0 radical (unpaired) electrons. The molecule has 54 heavy (non-hydrogen) atoms. The molecule has 6 amide bonds. The van der Waals surface area contributed by atoms with Crippen molar-refractivity contribution in [1.82, 2.24) is 31.1 Å². The first-order valence-electron chi connectivity index (χ1n) is 19.4. The summed E-state index contributed by atoms with van der Waals surface area (Å²) < 4.78 is 5.52. The van der Waals surface area contributed by atoms with Crippen molar-refractivity contribution in [3.8, 4) is 0 Å². The molecular formula is C40H62N6O8. The molecular weight excluding hydrogens is 692 g/mol. The molecule has 5 atom stereocenters. The minimum atomic E-state index is -1.19. The highest BCUT2D eigenvalue weighted by molar-refractivity contribution is 6.38. The van der Waals surface area contributed by atoms with E-state index in [1.807, 2.05) is 26.8 Å². The zero-order chi connectivity index (χ0) is 40.2. The number of ketones is 1.